The van der Waals surface area contributed by atoms with Crippen LogP contribution in [-0.2, 0) is 10.2 Å². The van der Waals surface area contributed by atoms with Crippen molar-refractivity contribution in [2.75, 3.05) is 0 Å². The van der Waals surface area contributed by atoms with Gasteiger partial charge in [0.1, 0.15) is 5.82 Å². The molecule has 1 fully saturated rings. The Labute approximate surface area is 108 Å². The van der Waals surface area contributed by atoms with Crippen LogP contribution in [0.15, 0.2) is 6.20 Å². The molecule has 2 N–H and O–H groups in total. The van der Waals surface area contributed by atoms with Crippen LogP contribution in [0.25, 0.3) is 0 Å². The first kappa shape index (κ1) is 13.1. The molecule has 0 unspecified atom stereocenters. The number of hydrogen-bond acceptors (Lipinski definition) is 2. The van der Waals surface area contributed by atoms with Crippen LogP contribution < -0.4 is 0 Å². The number of carboxylic acids is 1. The maximum atomic E-state index is 10.9. The van der Waals surface area contributed by atoms with Gasteiger partial charge in [0.15, 0.2) is 0 Å². The maximum absolute atomic E-state index is 10.9. The van der Waals surface area contributed by atoms with Crippen LogP contribution in [0, 0.1) is 5.92 Å². The van der Waals surface area contributed by atoms with Crippen molar-refractivity contribution in [2.45, 2.75) is 57.8 Å². The predicted octanol–water partition coefficient (Wildman–Crippen LogP) is 3.07. The summed E-state index contributed by atoms with van der Waals surface area (Å²) in [5.41, 5.74) is 1.24. The molecule has 0 spiro atoms. The Morgan fingerprint density at radius 1 is 1.33 bits per heavy atom. The van der Waals surface area contributed by atoms with E-state index in [-0.39, 0.29) is 11.3 Å². The van der Waals surface area contributed by atoms with Gasteiger partial charge in [-0.15, -0.1) is 0 Å². The number of hydrogen-bond donors (Lipinski definition) is 2. The Bertz CT molecular complexity index is 423. The number of nitrogens with zero attached hydrogens (tertiary/aromatic N) is 1. The van der Waals surface area contributed by atoms with Crippen LogP contribution in [0.1, 0.15) is 63.9 Å². The maximum Gasteiger partial charge on any atom is 0.306 e. The zero-order valence-corrected chi connectivity index (χ0v) is 11.4. The van der Waals surface area contributed by atoms with Crippen molar-refractivity contribution in [3.8, 4) is 0 Å². The molecule has 1 heterocycles. The van der Waals surface area contributed by atoms with Crippen molar-refractivity contribution in [3.05, 3.63) is 17.7 Å². The van der Waals surface area contributed by atoms with Crippen LogP contribution >= 0.6 is 0 Å². The lowest BCUT2D eigenvalue weighted by Gasteiger charge is -2.24. The number of nitrogens with one attached hydrogen (secondary N) is 1. The Kier molecular flexibility index (Phi) is 3.46. The minimum Gasteiger partial charge on any atom is -0.481 e. The number of imidazole rings is 1. The van der Waals surface area contributed by atoms with E-state index in [1.165, 1.54) is 0 Å². The van der Waals surface area contributed by atoms with Gasteiger partial charge >= 0.3 is 5.97 Å². The average Bonchev–Trinajstić information content (AvgIpc) is 2.78. The first-order chi connectivity index (χ1) is 8.38. The van der Waals surface area contributed by atoms with Gasteiger partial charge < -0.3 is 10.1 Å². The highest BCUT2D eigenvalue weighted by atomic mass is 16.4. The minimum atomic E-state index is -0.650. The summed E-state index contributed by atoms with van der Waals surface area (Å²) in [6.07, 6.45) is 5.30. The number of carbonyl (C=O) groups is 1. The number of aromatic amines is 1. The second kappa shape index (κ2) is 4.75. The molecule has 0 aliphatic heterocycles. The summed E-state index contributed by atoms with van der Waals surface area (Å²) in [7, 11) is 0. The summed E-state index contributed by atoms with van der Waals surface area (Å²) in [6, 6.07) is 0. The molecule has 4 nitrogen and oxygen atoms in total. The summed E-state index contributed by atoms with van der Waals surface area (Å²) in [4.78, 5) is 18.8. The Morgan fingerprint density at radius 3 is 2.39 bits per heavy atom. The first-order valence-electron chi connectivity index (χ1n) is 6.66. The normalized spacial score (nSPS) is 25.1. The SMILES string of the molecule is CC(C)(C)c1cnc(C2CCC(C(=O)O)CC2)[nH]1. The summed E-state index contributed by atoms with van der Waals surface area (Å²) in [6.45, 7) is 6.48. The van der Waals surface area contributed by atoms with E-state index in [0.717, 1.165) is 37.2 Å². The average molecular weight is 250 g/mol. The Balaban J connectivity index is 2.02. The molecular weight excluding hydrogens is 228 g/mol. The van der Waals surface area contributed by atoms with Gasteiger partial charge in [0.05, 0.1) is 5.92 Å². The Morgan fingerprint density at radius 2 is 1.94 bits per heavy atom. The fraction of sp³-hybridized carbons (Fsp3) is 0.714. The fourth-order valence-electron chi connectivity index (χ4n) is 2.54. The van der Waals surface area contributed by atoms with Gasteiger partial charge in [-0.2, -0.15) is 0 Å². The van der Waals surface area contributed by atoms with Crippen LogP contribution in [0.2, 0.25) is 0 Å². The van der Waals surface area contributed by atoms with E-state index in [9.17, 15) is 4.79 Å². The van der Waals surface area contributed by atoms with E-state index < -0.39 is 5.97 Å². The van der Waals surface area contributed by atoms with Gasteiger partial charge in [0.25, 0.3) is 0 Å². The van der Waals surface area contributed by atoms with Crippen LogP contribution in [-0.4, -0.2) is 21.0 Å². The van der Waals surface area contributed by atoms with E-state index in [4.69, 9.17) is 5.11 Å². The van der Waals surface area contributed by atoms with E-state index in [2.05, 4.69) is 30.7 Å². The van der Waals surface area contributed by atoms with Crippen molar-refractivity contribution in [1.29, 1.82) is 0 Å². The second-order valence-corrected chi connectivity index (χ2v) is 6.32. The molecule has 0 atom stereocenters. The molecular formula is C14H22N2O2. The summed E-state index contributed by atoms with van der Waals surface area (Å²) < 4.78 is 0. The predicted molar refractivity (Wildman–Crippen MR) is 69.6 cm³/mol. The summed E-state index contributed by atoms with van der Waals surface area (Å²) in [5.74, 6) is 0.627. The largest absolute Gasteiger partial charge is 0.481 e. The number of carboxylic acid groups (broad SMARTS) is 1. The number of rotatable bonds is 2. The smallest absolute Gasteiger partial charge is 0.306 e. The van der Waals surface area contributed by atoms with Crippen molar-refractivity contribution in [3.63, 3.8) is 0 Å². The molecule has 1 aliphatic rings. The Hall–Kier alpha value is -1.32. The first-order valence-corrected chi connectivity index (χ1v) is 6.66. The van der Waals surface area contributed by atoms with Gasteiger partial charge in [-0.25, -0.2) is 4.98 Å². The van der Waals surface area contributed by atoms with Crippen molar-refractivity contribution < 1.29 is 9.90 Å². The molecule has 0 bridgehead atoms. The van der Waals surface area contributed by atoms with Crippen molar-refractivity contribution in [1.82, 2.24) is 9.97 Å². The molecule has 1 aromatic heterocycles. The highest BCUT2D eigenvalue weighted by Gasteiger charge is 2.28. The van der Waals surface area contributed by atoms with E-state index >= 15 is 0 Å². The van der Waals surface area contributed by atoms with Crippen molar-refractivity contribution in [2.24, 2.45) is 5.92 Å². The molecule has 1 saturated carbocycles. The third-order valence-corrected chi connectivity index (χ3v) is 3.87. The zero-order chi connectivity index (χ0) is 13.3. The second-order valence-electron chi connectivity index (χ2n) is 6.32. The number of aromatic nitrogens is 2. The molecule has 0 amide bonds. The van der Waals surface area contributed by atoms with E-state index in [1.54, 1.807) is 0 Å². The lowest BCUT2D eigenvalue weighted by Crippen LogP contribution is -2.21. The monoisotopic (exact) mass is 250 g/mol. The highest BCUT2D eigenvalue weighted by molar-refractivity contribution is 5.70. The van der Waals surface area contributed by atoms with Gasteiger partial charge in [-0.05, 0) is 25.7 Å². The van der Waals surface area contributed by atoms with Gasteiger partial charge in [0.2, 0.25) is 0 Å². The molecule has 0 radical (unpaired) electrons. The van der Waals surface area contributed by atoms with E-state index in [0.29, 0.717) is 5.92 Å². The summed E-state index contributed by atoms with van der Waals surface area (Å²) >= 11 is 0. The van der Waals surface area contributed by atoms with Gasteiger partial charge in [0, 0.05) is 23.2 Å². The standard InChI is InChI=1S/C14H22N2O2/c1-14(2,3)11-8-15-12(16-11)9-4-6-10(7-5-9)13(17)18/h8-10H,4-7H2,1-3H3,(H,15,16)(H,17,18). The molecule has 4 heteroatoms. The topological polar surface area (TPSA) is 66.0 Å². The number of H-pyrrole nitrogens is 1. The molecule has 1 aromatic rings. The van der Waals surface area contributed by atoms with Crippen LogP contribution in [0.5, 0.6) is 0 Å². The lowest BCUT2D eigenvalue weighted by molar-refractivity contribution is -0.142. The van der Waals surface area contributed by atoms with Crippen LogP contribution in [0.4, 0.5) is 0 Å². The highest BCUT2D eigenvalue weighted by Crippen LogP contribution is 2.35. The van der Waals surface area contributed by atoms with E-state index in [1.807, 2.05) is 6.20 Å². The third-order valence-electron chi connectivity index (χ3n) is 3.87. The zero-order valence-electron chi connectivity index (χ0n) is 11.4. The lowest BCUT2D eigenvalue weighted by atomic mass is 9.82. The molecule has 0 saturated heterocycles. The molecule has 2 rings (SSSR count). The minimum absolute atomic E-state index is 0.0868. The molecule has 100 valence electrons. The molecule has 1 aliphatic carbocycles. The van der Waals surface area contributed by atoms with Crippen LogP contribution in [0.3, 0.4) is 0 Å². The van der Waals surface area contributed by atoms with Crippen molar-refractivity contribution >= 4 is 5.97 Å². The van der Waals surface area contributed by atoms with Gasteiger partial charge in [-0.1, -0.05) is 20.8 Å². The third kappa shape index (κ3) is 2.74. The number of aliphatic carboxylic acids is 1. The molecule has 0 aromatic carbocycles. The summed E-state index contributed by atoms with van der Waals surface area (Å²) in [5, 5.41) is 8.98. The van der Waals surface area contributed by atoms with Gasteiger partial charge in [-0.3, -0.25) is 4.79 Å². The molecule has 18 heavy (non-hydrogen) atoms. The quantitative estimate of drug-likeness (QED) is 0.847. The fourth-order valence-corrected chi connectivity index (χ4v) is 2.54.